The van der Waals surface area contributed by atoms with Gasteiger partial charge in [-0.05, 0) is 43.7 Å². The van der Waals surface area contributed by atoms with E-state index in [0.29, 0.717) is 17.3 Å². The van der Waals surface area contributed by atoms with Crippen molar-refractivity contribution in [2.75, 3.05) is 5.73 Å². The summed E-state index contributed by atoms with van der Waals surface area (Å²) in [6.45, 7) is 4.13. The smallest absolute Gasteiger partial charge is 0.169 e. The molecule has 1 aliphatic rings. The molecule has 3 nitrogen and oxygen atoms in total. The van der Waals surface area contributed by atoms with Crippen LogP contribution in [0.25, 0.3) is 0 Å². The second-order valence-corrected chi connectivity index (χ2v) is 4.92. The summed E-state index contributed by atoms with van der Waals surface area (Å²) in [6, 6.07) is 1.85. The lowest BCUT2D eigenvalue weighted by Gasteiger charge is -2.10. The fourth-order valence-electron chi connectivity index (χ4n) is 2.44. The summed E-state index contributed by atoms with van der Waals surface area (Å²) < 4.78 is 0. The second kappa shape index (κ2) is 4.24. The van der Waals surface area contributed by atoms with E-state index in [-0.39, 0.29) is 11.7 Å². The number of aryl methyl sites for hydroxylation is 1. The van der Waals surface area contributed by atoms with Crippen molar-refractivity contribution in [2.24, 2.45) is 11.8 Å². The zero-order valence-corrected chi connectivity index (χ0v) is 9.86. The van der Waals surface area contributed by atoms with Crippen molar-refractivity contribution in [3.05, 3.63) is 23.4 Å². The van der Waals surface area contributed by atoms with E-state index in [1.807, 2.05) is 13.0 Å². The van der Waals surface area contributed by atoms with Crippen molar-refractivity contribution in [2.45, 2.75) is 33.1 Å². The van der Waals surface area contributed by atoms with Gasteiger partial charge in [-0.1, -0.05) is 6.92 Å². The van der Waals surface area contributed by atoms with E-state index in [1.54, 1.807) is 6.20 Å². The summed E-state index contributed by atoms with van der Waals surface area (Å²) in [4.78, 5) is 16.3. The number of ketones is 1. The van der Waals surface area contributed by atoms with Crippen LogP contribution in [0.15, 0.2) is 12.3 Å². The van der Waals surface area contributed by atoms with Gasteiger partial charge >= 0.3 is 0 Å². The number of nitrogen functional groups attached to an aromatic ring is 1. The van der Waals surface area contributed by atoms with Gasteiger partial charge in [0.2, 0.25) is 0 Å². The fourth-order valence-corrected chi connectivity index (χ4v) is 2.44. The quantitative estimate of drug-likeness (QED) is 0.776. The maximum absolute atomic E-state index is 12.2. The number of rotatable bonds is 2. The molecule has 1 aliphatic carbocycles. The van der Waals surface area contributed by atoms with Crippen molar-refractivity contribution in [1.82, 2.24) is 4.98 Å². The number of hydrogen-bond acceptors (Lipinski definition) is 3. The lowest BCUT2D eigenvalue weighted by atomic mass is 9.95. The average Bonchev–Trinajstić information content (AvgIpc) is 2.67. The number of anilines is 1. The highest BCUT2D eigenvalue weighted by atomic mass is 16.1. The molecular weight excluding hydrogens is 200 g/mol. The Balaban J connectivity index is 2.23. The van der Waals surface area contributed by atoms with Crippen molar-refractivity contribution in [3.8, 4) is 0 Å². The summed E-state index contributed by atoms with van der Waals surface area (Å²) in [5.74, 6) is 1.36. The van der Waals surface area contributed by atoms with Crippen molar-refractivity contribution in [1.29, 1.82) is 0 Å². The van der Waals surface area contributed by atoms with Crippen LogP contribution in [-0.2, 0) is 0 Å². The Hall–Kier alpha value is -1.38. The summed E-state index contributed by atoms with van der Waals surface area (Å²) in [5.41, 5.74) is 7.36. The molecule has 0 aliphatic heterocycles. The predicted octanol–water partition coefficient (Wildman–Crippen LogP) is 2.59. The van der Waals surface area contributed by atoms with Gasteiger partial charge < -0.3 is 5.73 Å². The molecule has 0 saturated heterocycles. The van der Waals surface area contributed by atoms with Gasteiger partial charge in [0, 0.05) is 12.1 Å². The minimum atomic E-state index is 0.154. The molecule has 1 heterocycles. The summed E-state index contributed by atoms with van der Waals surface area (Å²) in [6.07, 6.45) is 4.83. The Labute approximate surface area is 96.1 Å². The van der Waals surface area contributed by atoms with Gasteiger partial charge in [-0.25, -0.2) is 4.98 Å². The summed E-state index contributed by atoms with van der Waals surface area (Å²) in [5, 5.41) is 0. The van der Waals surface area contributed by atoms with Crippen LogP contribution < -0.4 is 5.73 Å². The number of carbonyl (C=O) groups is 1. The van der Waals surface area contributed by atoms with Crippen LogP contribution in [0.3, 0.4) is 0 Å². The Bertz CT molecular complexity index is 414. The standard InChI is InChI=1S/C13H18N2O/c1-8-3-4-10(5-8)12(16)11-6-9(2)7-15-13(11)14/h6-8,10H,3-5H2,1-2H3,(H2,14,15). The van der Waals surface area contributed by atoms with Crippen LogP contribution in [0.5, 0.6) is 0 Å². The SMILES string of the molecule is Cc1cnc(N)c(C(=O)C2CCC(C)C2)c1. The Morgan fingerprint density at radius 3 is 2.88 bits per heavy atom. The van der Waals surface area contributed by atoms with Crippen molar-refractivity contribution < 1.29 is 4.79 Å². The number of hydrogen-bond donors (Lipinski definition) is 1. The molecule has 0 spiro atoms. The molecule has 1 saturated carbocycles. The van der Waals surface area contributed by atoms with Crippen LogP contribution >= 0.6 is 0 Å². The van der Waals surface area contributed by atoms with E-state index in [0.717, 1.165) is 24.8 Å². The zero-order chi connectivity index (χ0) is 11.7. The van der Waals surface area contributed by atoms with E-state index < -0.39 is 0 Å². The molecule has 1 fully saturated rings. The van der Waals surface area contributed by atoms with Crippen molar-refractivity contribution in [3.63, 3.8) is 0 Å². The van der Waals surface area contributed by atoms with Crippen LogP contribution in [0.1, 0.15) is 42.1 Å². The molecule has 0 aromatic carbocycles. The zero-order valence-electron chi connectivity index (χ0n) is 9.86. The number of nitrogens with two attached hydrogens (primary N) is 1. The van der Waals surface area contributed by atoms with Gasteiger partial charge in [-0.3, -0.25) is 4.79 Å². The number of nitrogens with zero attached hydrogens (tertiary/aromatic N) is 1. The number of aromatic nitrogens is 1. The average molecular weight is 218 g/mol. The Kier molecular flexibility index (Phi) is 2.95. The van der Waals surface area contributed by atoms with Crippen LogP contribution in [0, 0.1) is 18.8 Å². The maximum Gasteiger partial charge on any atom is 0.169 e. The van der Waals surface area contributed by atoms with Crippen LogP contribution in [-0.4, -0.2) is 10.8 Å². The third-order valence-electron chi connectivity index (χ3n) is 3.39. The highest BCUT2D eigenvalue weighted by Gasteiger charge is 2.29. The molecule has 0 radical (unpaired) electrons. The lowest BCUT2D eigenvalue weighted by molar-refractivity contribution is 0.0921. The minimum absolute atomic E-state index is 0.154. The fraction of sp³-hybridized carbons (Fsp3) is 0.538. The first-order valence-corrected chi connectivity index (χ1v) is 5.84. The van der Waals surface area contributed by atoms with Gasteiger partial charge in [0.05, 0.1) is 5.56 Å². The molecular formula is C13H18N2O. The third kappa shape index (κ3) is 2.08. The van der Waals surface area contributed by atoms with Crippen LogP contribution in [0.2, 0.25) is 0 Å². The summed E-state index contributed by atoms with van der Waals surface area (Å²) >= 11 is 0. The molecule has 2 N–H and O–H groups in total. The highest BCUT2D eigenvalue weighted by molar-refractivity contribution is 6.01. The molecule has 2 rings (SSSR count). The van der Waals surface area contributed by atoms with E-state index >= 15 is 0 Å². The number of pyridine rings is 1. The van der Waals surface area contributed by atoms with E-state index in [4.69, 9.17) is 5.73 Å². The monoisotopic (exact) mass is 218 g/mol. The van der Waals surface area contributed by atoms with Gasteiger partial charge in [0.15, 0.2) is 5.78 Å². The van der Waals surface area contributed by atoms with Crippen molar-refractivity contribution >= 4 is 11.6 Å². The van der Waals surface area contributed by atoms with E-state index in [9.17, 15) is 4.79 Å². The molecule has 3 heteroatoms. The molecule has 86 valence electrons. The maximum atomic E-state index is 12.2. The summed E-state index contributed by atoms with van der Waals surface area (Å²) in [7, 11) is 0. The van der Waals surface area contributed by atoms with Gasteiger partial charge in [0.25, 0.3) is 0 Å². The largest absolute Gasteiger partial charge is 0.383 e. The molecule has 0 amide bonds. The first-order valence-electron chi connectivity index (χ1n) is 5.84. The predicted molar refractivity (Wildman–Crippen MR) is 64.2 cm³/mol. The Morgan fingerprint density at radius 2 is 2.25 bits per heavy atom. The number of carbonyl (C=O) groups excluding carboxylic acids is 1. The topological polar surface area (TPSA) is 56.0 Å². The molecule has 1 aromatic heterocycles. The van der Waals surface area contributed by atoms with E-state index in [1.165, 1.54) is 0 Å². The molecule has 1 aromatic rings. The molecule has 16 heavy (non-hydrogen) atoms. The Morgan fingerprint density at radius 1 is 1.50 bits per heavy atom. The van der Waals surface area contributed by atoms with Crippen LogP contribution in [0.4, 0.5) is 5.82 Å². The minimum Gasteiger partial charge on any atom is -0.383 e. The lowest BCUT2D eigenvalue weighted by Crippen LogP contribution is -2.14. The first-order chi connectivity index (χ1) is 7.58. The van der Waals surface area contributed by atoms with Gasteiger partial charge in [-0.2, -0.15) is 0 Å². The highest BCUT2D eigenvalue weighted by Crippen LogP contribution is 2.33. The first kappa shape index (κ1) is 11.1. The molecule has 2 unspecified atom stereocenters. The third-order valence-corrected chi connectivity index (χ3v) is 3.39. The van der Waals surface area contributed by atoms with Gasteiger partial charge in [-0.15, -0.1) is 0 Å². The number of Topliss-reactive ketones (excluding diaryl/α,β-unsaturated/α-hetero) is 1. The molecule has 2 atom stereocenters. The normalized spacial score (nSPS) is 24.6. The van der Waals surface area contributed by atoms with E-state index in [2.05, 4.69) is 11.9 Å². The molecule has 0 bridgehead atoms. The van der Waals surface area contributed by atoms with Gasteiger partial charge in [0.1, 0.15) is 5.82 Å². The second-order valence-electron chi connectivity index (χ2n) is 4.92.